The lowest BCUT2D eigenvalue weighted by molar-refractivity contribution is -0.00595. The molecule has 0 unspecified atom stereocenters. The molecule has 0 aliphatic heterocycles. The van der Waals surface area contributed by atoms with E-state index < -0.39 is 0 Å². The zero-order valence-electron chi connectivity index (χ0n) is 11.6. The largest absolute Gasteiger partial charge is 0.394 e. The molecule has 5 rings (SSSR count). The van der Waals surface area contributed by atoms with Gasteiger partial charge in [0, 0.05) is 5.92 Å². The number of aromatic nitrogens is 3. The van der Waals surface area contributed by atoms with E-state index in [2.05, 4.69) is 16.4 Å². The van der Waals surface area contributed by atoms with Gasteiger partial charge in [-0.3, -0.25) is 0 Å². The predicted octanol–water partition coefficient (Wildman–Crippen LogP) is 1.68. The molecule has 20 heavy (non-hydrogen) atoms. The summed E-state index contributed by atoms with van der Waals surface area (Å²) < 4.78 is 1.78. The van der Waals surface area contributed by atoms with E-state index in [0.717, 1.165) is 17.5 Å². The zero-order chi connectivity index (χ0) is 13.7. The van der Waals surface area contributed by atoms with E-state index in [9.17, 15) is 10.4 Å². The minimum Gasteiger partial charge on any atom is -0.394 e. The first-order valence-corrected chi connectivity index (χ1v) is 7.74. The first-order valence-electron chi connectivity index (χ1n) is 7.74. The fourth-order valence-electron chi connectivity index (χ4n) is 5.36. The monoisotopic (exact) mass is 272 g/mol. The highest BCUT2D eigenvalue weighted by atomic mass is 16.3. The number of hydrogen-bond donors (Lipinski definition) is 1. The Morgan fingerprint density at radius 3 is 2.35 bits per heavy atom. The number of aliphatic hydroxyl groups is 1. The molecule has 0 atom stereocenters. The van der Waals surface area contributed by atoms with Crippen LogP contribution in [0.4, 0.5) is 0 Å². The van der Waals surface area contributed by atoms with Gasteiger partial charge in [0.2, 0.25) is 0 Å². The van der Waals surface area contributed by atoms with Gasteiger partial charge in [0.15, 0.2) is 5.69 Å². The van der Waals surface area contributed by atoms with Crippen molar-refractivity contribution in [1.29, 1.82) is 5.26 Å². The SMILES string of the molecule is N#Cc1nnn(CCO)c1C1C2CC3CC(C2)CC1C3. The number of nitriles is 1. The van der Waals surface area contributed by atoms with Gasteiger partial charge in [-0.2, -0.15) is 5.26 Å². The van der Waals surface area contributed by atoms with Crippen LogP contribution in [0.2, 0.25) is 0 Å². The van der Waals surface area contributed by atoms with E-state index >= 15 is 0 Å². The molecule has 4 aliphatic carbocycles. The van der Waals surface area contributed by atoms with Gasteiger partial charge in [-0.15, -0.1) is 5.10 Å². The zero-order valence-corrected chi connectivity index (χ0v) is 11.6. The van der Waals surface area contributed by atoms with Gasteiger partial charge < -0.3 is 5.11 Å². The molecule has 4 fully saturated rings. The van der Waals surface area contributed by atoms with Gasteiger partial charge in [0.25, 0.3) is 0 Å². The van der Waals surface area contributed by atoms with Crippen molar-refractivity contribution in [1.82, 2.24) is 15.0 Å². The van der Waals surface area contributed by atoms with Crippen LogP contribution >= 0.6 is 0 Å². The van der Waals surface area contributed by atoms with Crippen LogP contribution in [0, 0.1) is 35.0 Å². The minimum absolute atomic E-state index is 0.0501. The average Bonchev–Trinajstić information content (AvgIpc) is 2.81. The third-order valence-electron chi connectivity index (χ3n) is 5.73. The maximum atomic E-state index is 9.33. The molecule has 0 amide bonds. The summed E-state index contributed by atoms with van der Waals surface area (Å²) in [5.74, 6) is 3.69. The number of nitrogens with zero attached hydrogens (tertiary/aromatic N) is 4. The molecular formula is C15H20N4O. The quantitative estimate of drug-likeness (QED) is 0.908. The van der Waals surface area contributed by atoms with Crippen LogP contribution in [-0.2, 0) is 6.54 Å². The van der Waals surface area contributed by atoms with Crippen molar-refractivity contribution in [3.8, 4) is 6.07 Å². The molecule has 0 aromatic carbocycles. The molecule has 5 heteroatoms. The summed E-state index contributed by atoms with van der Waals surface area (Å²) in [4.78, 5) is 0. The predicted molar refractivity (Wildman–Crippen MR) is 71.6 cm³/mol. The summed E-state index contributed by atoms with van der Waals surface area (Å²) >= 11 is 0. The Balaban J connectivity index is 1.74. The molecular weight excluding hydrogens is 252 g/mol. The van der Waals surface area contributed by atoms with Crippen molar-refractivity contribution < 1.29 is 5.11 Å². The molecule has 0 saturated heterocycles. The van der Waals surface area contributed by atoms with Crippen LogP contribution in [0.25, 0.3) is 0 Å². The van der Waals surface area contributed by atoms with Gasteiger partial charge in [-0.1, -0.05) is 5.21 Å². The van der Waals surface area contributed by atoms with Gasteiger partial charge in [0.1, 0.15) is 6.07 Å². The lowest BCUT2D eigenvalue weighted by atomic mass is 9.51. The molecule has 0 spiro atoms. The summed E-state index contributed by atoms with van der Waals surface area (Å²) in [6, 6.07) is 2.21. The number of aliphatic hydroxyl groups excluding tert-OH is 1. The maximum Gasteiger partial charge on any atom is 0.186 e. The van der Waals surface area contributed by atoms with E-state index in [4.69, 9.17) is 0 Å². The van der Waals surface area contributed by atoms with E-state index in [1.807, 2.05) is 0 Å². The van der Waals surface area contributed by atoms with Gasteiger partial charge in [-0.25, -0.2) is 4.68 Å². The lowest BCUT2D eigenvalue weighted by Gasteiger charge is -2.54. The molecule has 106 valence electrons. The molecule has 1 N–H and O–H groups in total. The minimum atomic E-state index is 0.0501. The van der Waals surface area contributed by atoms with Crippen molar-refractivity contribution in [3.63, 3.8) is 0 Å². The van der Waals surface area contributed by atoms with Crippen molar-refractivity contribution in [2.24, 2.45) is 23.7 Å². The van der Waals surface area contributed by atoms with Gasteiger partial charge in [-0.05, 0) is 55.8 Å². The summed E-state index contributed by atoms with van der Waals surface area (Å²) in [5.41, 5.74) is 1.49. The maximum absolute atomic E-state index is 9.33. The van der Waals surface area contributed by atoms with Crippen LogP contribution in [0.5, 0.6) is 0 Å². The molecule has 0 radical (unpaired) electrons. The Bertz CT molecular complexity index is 531. The molecule has 4 saturated carbocycles. The molecule has 4 bridgehead atoms. The average molecular weight is 272 g/mol. The molecule has 4 aliphatic rings. The highest BCUT2D eigenvalue weighted by molar-refractivity contribution is 5.30. The summed E-state index contributed by atoms with van der Waals surface area (Å²) in [5, 5.41) is 26.7. The fraction of sp³-hybridized carbons (Fsp3) is 0.800. The second-order valence-electron chi connectivity index (χ2n) is 6.84. The van der Waals surface area contributed by atoms with E-state index in [1.165, 1.54) is 32.1 Å². The fourth-order valence-corrected chi connectivity index (χ4v) is 5.36. The van der Waals surface area contributed by atoms with Crippen molar-refractivity contribution in [2.75, 3.05) is 6.61 Å². The molecule has 1 aromatic rings. The van der Waals surface area contributed by atoms with Crippen LogP contribution < -0.4 is 0 Å². The van der Waals surface area contributed by atoms with Crippen LogP contribution in [0.15, 0.2) is 0 Å². The summed E-state index contributed by atoms with van der Waals surface area (Å²) in [7, 11) is 0. The Morgan fingerprint density at radius 1 is 1.15 bits per heavy atom. The van der Waals surface area contributed by atoms with Crippen molar-refractivity contribution in [2.45, 2.75) is 44.6 Å². The van der Waals surface area contributed by atoms with E-state index in [-0.39, 0.29) is 6.61 Å². The van der Waals surface area contributed by atoms with Gasteiger partial charge in [0.05, 0.1) is 18.8 Å². The van der Waals surface area contributed by atoms with E-state index in [0.29, 0.717) is 30.0 Å². The molecule has 1 heterocycles. The Morgan fingerprint density at radius 2 is 1.80 bits per heavy atom. The standard InChI is InChI=1S/C15H20N4O/c16-8-13-15(19(1-2-20)18-17-13)14-11-4-9-3-10(6-11)7-12(14)5-9/h9-12,14,20H,1-7H2. The summed E-state index contributed by atoms with van der Waals surface area (Å²) in [6.07, 6.45) is 6.68. The molecule has 1 aromatic heterocycles. The highest BCUT2D eigenvalue weighted by Crippen LogP contribution is 2.59. The lowest BCUT2D eigenvalue weighted by Crippen LogP contribution is -2.44. The van der Waals surface area contributed by atoms with Gasteiger partial charge >= 0.3 is 0 Å². The second-order valence-corrected chi connectivity index (χ2v) is 6.84. The second kappa shape index (κ2) is 4.56. The van der Waals surface area contributed by atoms with Crippen LogP contribution in [-0.4, -0.2) is 26.7 Å². The topological polar surface area (TPSA) is 74.7 Å². The Kier molecular flexibility index (Phi) is 2.81. The van der Waals surface area contributed by atoms with Crippen molar-refractivity contribution in [3.05, 3.63) is 11.4 Å². The normalized spacial score (nSPS) is 38.1. The Labute approximate surface area is 118 Å². The third-order valence-corrected chi connectivity index (χ3v) is 5.73. The number of hydrogen-bond acceptors (Lipinski definition) is 4. The van der Waals surface area contributed by atoms with E-state index in [1.54, 1.807) is 4.68 Å². The number of rotatable bonds is 3. The Hall–Kier alpha value is -1.41. The summed E-state index contributed by atoms with van der Waals surface area (Å²) in [6.45, 7) is 0.501. The third kappa shape index (κ3) is 1.71. The van der Waals surface area contributed by atoms with Crippen LogP contribution in [0.3, 0.4) is 0 Å². The molecule has 5 nitrogen and oxygen atoms in total. The highest BCUT2D eigenvalue weighted by Gasteiger charge is 2.50. The van der Waals surface area contributed by atoms with Crippen LogP contribution in [0.1, 0.15) is 49.4 Å². The smallest absolute Gasteiger partial charge is 0.186 e. The first kappa shape index (κ1) is 12.3. The van der Waals surface area contributed by atoms with Crippen molar-refractivity contribution >= 4 is 0 Å². The first-order chi connectivity index (χ1) is 9.80.